The van der Waals surface area contributed by atoms with Crippen LogP contribution in [0.5, 0.6) is 0 Å². The summed E-state index contributed by atoms with van der Waals surface area (Å²) < 4.78 is 0. The van der Waals surface area contributed by atoms with Crippen molar-refractivity contribution in [3.8, 4) is 45.3 Å². The third kappa shape index (κ3) is 4.43. The summed E-state index contributed by atoms with van der Waals surface area (Å²) in [5, 5.41) is 14.9. The van der Waals surface area contributed by atoms with E-state index in [1.54, 1.807) is 0 Å². The molecule has 0 spiro atoms. The number of nitrogens with zero attached hydrogens (tertiary/aromatic N) is 3. The van der Waals surface area contributed by atoms with Gasteiger partial charge in [0.15, 0.2) is 17.5 Å². The molecule has 10 aromatic carbocycles. The Kier molecular flexibility index (Phi) is 6.25. The van der Waals surface area contributed by atoms with Crippen molar-refractivity contribution in [3.05, 3.63) is 176 Å². The first kappa shape index (κ1) is 28.8. The Labute approximate surface area is 299 Å². The lowest BCUT2D eigenvalue weighted by Crippen LogP contribution is -2.00. The zero-order valence-corrected chi connectivity index (χ0v) is 28.1. The molecule has 0 aliphatic carbocycles. The third-order valence-electron chi connectivity index (χ3n) is 10.6. The van der Waals surface area contributed by atoms with E-state index in [0.29, 0.717) is 17.5 Å². The van der Waals surface area contributed by atoms with E-state index in [-0.39, 0.29) is 0 Å². The predicted octanol–water partition coefficient (Wildman–Crippen LogP) is 12.9. The summed E-state index contributed by atoms with van der Waals surface area (Å²) in [6.45, 7) is 0. The Balaban J connectivity index is 1.25. The van der Waals surface area contributed by atoms with Gasteiger partial charge in [-0.2, -0.15) is 0 Å². The molecule has 0 aliphatic rings. The summed E-state index contributed by atoms with van der Waals surface area (Å²) in [5.74, 6) is 1.94. The van der Waals surface area contributed by atoms with Crippen molar-refractivity contribution >= 4 is 64.6 Å². The normalized spacial score (nSPS) is 11.8. The molecule has 1 heterocycles. The summed E-state index contributed by atoms with van der Waals surface area (Å²) in [5.41, 5.74) is 5.12. The molecule has 3 nitrogen and oxygen atoms in total. The second-order valence-corrected chi connectivity index (χ2v) is 13.6. The number of fused-ring (bicyclic) bond motifs is 2. The number of rotatable bonds is 4. The summed E-state index contributed by atoms with van der Waals surface area (Å²) in [6.07, 6.45) is 0. The standard InChI is InChI=1S/C49H29N3/c1-3-11-30(12-4-1)35-18-7-19-37(27-35)48-50-47(34-13-5-2-6-14-34)51-49(52-48)38-28-36-26-25-33-16-9-21-40-39-20-8-15-31-23-24-32-17-10-22-41(45(32)43(31)39)42(29-38)46(36)44(33)40/h1-29H. The second kappa shape index (κ2) is 11.3. The molecule has 0 unspecified atom stereocenters. The van der Waals surface area contributed by atoms with Crippen LogP contribution >= 0.6 is 0 Å². The predicted molar refractivity (Wildman–Crippen MR) is 218 cm³/mol. The summed E-state index contributed by atoms with van der Waals surface area (Å²) in [6, 6.07) is 62.9. The summed E-state index contributed by atoms with van der Waals surface area (Å²) in [7, 11) is 0. The molecule has 0 aliphatic heterocycles. The van der Waals surface area contributed by atoms with Gasteiger partial charge in [0.1, 0.15) is 0 Å². The number of hydrogen-bond donors (Lipinski definition) is 0. The van der Waals surface area contributed by atoms with Gasteiger partial charge in [-0.3, -0.25) is 0 Å². The SMILES string of the molecule is c1ccc(-c2cccc(-c3nc(-c4ccccc4)nc(-c4cc5ccc6cccc7c8cccc9ccc%10cccc(c(c4)c5c67)c%10c98)n3)c2)cc1. The van der Waals surface area contributed by atoms with Crippen molar-refractivity contribution in [2.45, 2.75) is 0 Å². The molecule has 52 heavy (non-hydrogen) atoms. The first-order chi connectivity index (χ1) is 25.8. The van der Waals surface area contributed by atoms with Crippen molar-refractivity contribution in [3.63, 3.8) is 0 Å². The Morgan fingerprint density at radius 1 is 0.231 bits per heavy atom. The molecule has 0 atom stereocenters. The molecule has 11 aromatic rings. The lowest BCUT2D eigenvalue weighted by atomic mass is 9.87. The highest BCUT2D eigenvalue weighted by atomic mass is 15.0. The third-order valence-corrected chi connectivity index (χ3v) is 10.6. The van der Waals surface area contributed by atoms with E-state index in [0.717, 1.165) is 33.2 Å². The molecule has 0 fully saturated rings. The van der Waals surface area contributed by atoms with Crippen LogP contribution in [0.15, 0.2) is 176 Å². The van der Waals surface area contributed by atoms with Gasteiger partial charge in [-0.25, -0.2) is 15.0 Å². The van der Waals surface area contributed by atoms with Gasteiger partial charge in [0, 0.05) is 16.7 Å². The van der Waals surface area contributed by atoms with E-state index in [1.165, 1.54) is 59.2 Å². The van der Waals surface area contributed by atoms with Crippen LogP contribution in [0.3, 0.4) is 0 Å². The molecule has 0 radical (unpaired) electrons. The number of benzene rings is 9. The van der Waals surface area contributed by atoms with Gasteiger partial charge in [-0.05, 0) is 94.0 Å². The monoisotopic (exact) mass is 659 g/mol. The Hall–Kier alpha value is -6.97. The number of aromatic nitrogens is 3. The molecular weight excluding hydrogens is 631 g/mol. The van der Waals surface area contributed by atoms with Gasteiger partial charge in [-0.15, -0.1) is 0 Å². The van der Waals surface area contributed by atoms with Crippen molar-refractivity contribution in [1.29, 1.82) is 0 Å². The van der Waals surface area contributed by atoms with Gasteiger partial charge < -0.3 is 0 Å². The van der Waals surface area contributed by atoms with E-state index in [9.17, 15) is 0 Å². The fraction of sp³-hybridized carbons (Fsp3) is 0. The van der Waals surface area contributed by atoms with E-state index in [4.69, 9.17) is 15.0 Å². The Bertz CT molecular complexity index is 3160. The van der Waals surface area contributed by atoms with E-state index >= 15 is 0 Å². The highest BCUT2D eigenvalue weighted by Crippen LogP contribution is 2.44. The first-order valence-electron chi connectivity index (χ1n) is 17.7. The van der Waals surface area contributed by atoms with Crippen LogP contribution in [0.1, 0.15) is 0 Å². The van der Waals surface area contributed by atoms with Gasteiger partial charge in [0.05, 0.1) is 0 Å². The molecule has 0 bridgehead atoms. The van der Waals surface area contributed by atoms with E-state index in [1.807, 2.05) is 24.3 Å². The van der Waals surface area contributed by atoms with Crippen molar-refractivity contribution in [2.75, 3.05) is 0 Å². The largest absolute Gasteiger partial charge is 0.208 e. The van der Waals surface area contributed by atoms with Crippen molar-refractivity contribution in [2.24, 2.45) is 0 Å². The first-order valence-corrected chi connectivity index (χ1v) is 17.7. The fourth-order valence-electron chi connectivity index (χ4n) is 8.23. The average Bonchev–Trinajstić information content (AvgIpc) is 3.22. The van der Waals surface area contributed by atoms with E-state index < -0.39 is 0 Å². The lowest BCUT2D eigenvalue weighted by Gasteiger charge is -2.17. The minimum absolute atomic E-state index is 0.644. The van der Waals surface area contributed by atoms with Crippen LogP contribution < -0.4 is 0 Å². The molecule has 0 saturated carbocycles. The molecule has 240 valence electrons. The zero-order valence-electron chi connectivity index (χ0n) is 28.1. The maximum Gasteiger partial charge on any atom is 0.164 e. The van der Waals surface area contributed by atoms with Gasteiger partial charge in [0.2, 0.25) is 0 Å². The minimum atomic E-state index is 0.644. The smallest absolute Gasteiger partial charge is 0.164 e. The summed E-state index contributed by atoms with van der Waals surface area (Å²) in [4.78, 5) is 15.5. The fourth-order valence-corrected chi connectivity index (χ4v) is 8.23. The van der Waals surface area contributed by atoms with Crippen molar-refractivity contribution < 1.29 is 0 Å². The average molecular weight is 660 g/mol. The maximum atomic E-state index is 5.24. The molecule has 3 heteroatoms. The van der Waals surface area contributed by atoms with Gasteiger partial charge in [-0.1, -0.05) is 158 Å². The molecule has 0 N–H and O–H groups in total. The van der Waals surface area contributed by atoms with Crippen LogP contribution in [0.25, 0.3) is 110 Å². The number of hydrogen-bond acceptors (Lipinski definition) is 3. The van der Waals surface area contributed by atoms with Crippen LogP contribution in [0, 0.1) is 0 Å². The molecule has 0 amide bonds. The Morgan fingerprint density at radius 2 is 0.654 bits per heavy atom. The van der Waals surface area contributed by atoms with E-state index in [2.05, 4.69) is 152 Å². The lowest BCUT2D eigenvalue weighted by molar-refractivity contribution is 1.07. The molecule has 1 aromatic heterocycles. The molecule has 11 rings (SSSR count). The summed E-state index contributed by atoms with van der Waals surface area (Å²) >= 11 is 0. The van der Waals surface area contributed by atoms with Crippen LogP contribution in [0.4, 0.5) is 0 Å². The minimum Gasteiger partial charge on any atom is -0.208 e. The second-order valence-electron chi connectivity index (χ2n) is 13.6. The maximum absolute atomic E-state index is 5.24. The highest BCUT2D eigenvalue weighted by molar-refractivity contribution is 6.37. The van der Waals surface area contributed by atoms with Crippen molar-refractivity contribution in [1.82, 2.24) is 15.0 Å². The Morgan fingerprint density at radius 3 is 1.25 bits per heavy atom. The topological polar surface area (TPSA) is 38.7 Å². The van der Waals surface area contributed by atoms with Crippen LogP contribution in [-0.2, 0) is 0 Å². The quantitative estimate of drug-likeness (QED) is 0.177. The highest BCUT2D eigenvalue weighted by Gasteiger charge is 2.18. The van der Waals surface area contributed by atoms with Gasteiger partial charge in [0.25, 0.3) is 0 Å². The van der Waals surface area contributed by atoms with Gasteiger partial charge >= 0.3 is 0 Å². The molecule has 0 saturated heterocycles. The molecular formula is C49H29N3. The zero-order chi connectivity index (χ0) is 34.2. The van der Waals surface area contributed by atoms with Crippen LogP contribution in [0.2, 0.25) is 0 Å². The van der Waals surface area contributed by atoms with Crippen LogP contribution in [-0.4, -0.2) is 15.0 Å².